The summed E-state index contributed by atoms with van der Waals surface area (Å²) in [5.41, 5.74) is 0.876. The van der Waals surface area contributed by atoms with Gasteiger partial charge in [-0.2, -0.15) is 0 Å². The molecule has 138 valence electrons. The molecule has 0 N–H and O–H groups in total. The second-order valence-corrected chi connectivity index (χ2v) is 8.33. The van der Waals surface area contributed by atoms with Crippen molar-refractivity contribution in [2.75, 3.05) is 0 Å². The lowest BCUT2D eigenvalue weighted by molar-refractivity contribution is -0.143. The van der Waals surface area contributed by atoms with Crippen molar-refractivity contribution in [1.29, 1.82) is 0 Å². The maximum atomic E-state index is 11.9. The van der Waals surface area contributed by atoms with Gasteiger partial charge in [0.1, 0.15) is 11.5 Å². The number of ether oxygens (including phenoxy) is 2. The Morgan fingerprint density at radius 1 is 0.577 bits per heavy atom. The lowest BCUT2D eigenvalue weighted by Crippen LogP contribution is -2.25. The van der Waals surface area contributed by atoms with Crippen LogP contribution in [0.2, 0.25) is 0 Å². The van der Waals surface area contributed by atoms with Crippen molar-refractivity contribution in [3.8, 4) is 22.6 Å². The molecule has 0 amide bonds. The molecule has 26 heavy (non-hydrogen) atoms. The van der Waals surface area contributed by atoms with Crippen molar-refractivity contribution in [2.24, 2.45) is 10.8 Å². The Kier molecular flexibility index (Phi) is 5.55. The number of hydrogen-bond acceptors (Lipinski definition) is 4. The molecule has 0 fully saturated rings. The molecule has 2 aromatic carbocycles. The maximum Gasteiger partial charge on any atom is 0.316 e. The zero-order valence-electron chi connectivity index (χ0n) is 16.3. The predicted molar refractivity (Wildman–Crippen MR) is 102 cm³/mol. The third-order valence-electron chi connectivity index (χ3n) is 3.69. The molecule has 0 aliphatic rings. The van der Waals surface area contributed by atoms with E-state index in [9.17, 15) is 9.59 Å². The molecule has 0 bridgehead atoms. The Labute approximate surface area is 155 Å². The smallest absolute Gasteiger partial charge is 0.316 e. The molecule has 0 heterocycles. The fraction of sp³-hybridized carbons (Fsp3) is 0.364. The molecule has 0 aliphatic heterocycles. The highest BCUT2D eigenvalue weighted by Crippen LogP contribution is 2.27. The molecule has 0 aliphatic carbocycles. The first kappa shape index (κ1) is 19.7. The van der Waals surface area contributed by atoms with Crippen molar-refractivity contribution in [1.82, 2.24) is 0 Å². The van der Waals surface area contributed by atoms with E-state index >= 15 is 0 Å². The molecule has 0 radical (unpaired) electrons. The van der Waals surface area contributed by atoms with Gasteiger partial charge in [0, 0.05) is 0 Å². The summed E-state index contributed by atoms with van der Waals surface area (Å²) in [5.74, 6) is 0.499. The minimum absolute atomic E-state index is 0.268. The van der Waals surface area contributed by atoms with E-state index in [1.54, 1.807) is 24.3 Å². The first-order valence-electron chi connectivity index (χ1n) is 8.62. The van der Waals surface area contributed by atoms with E-state index in [1.165, 1.54) is 0 Å². The van der Waals surface area contributed by atoms with Crippen LogP contribution in [0.3, 0.4) is 0 Å². The number of carbonyl (C=O) groups is 2. The lowest BCUT2D eigenvalue weighted by atomic mass is 9.97. The molecule has 4 heteroatoms. The fourth-order valence-electron chi connectivity index (χ4n) is 1.95. The minimum atomic E-state index is -0.543. The summed E-state index contributed by atoms with van der Waals surface area (Å²) in [5, 5.41) is 0. The molecule has 0 aromatic heterocycles. The van der Waals surface area contributed by atoms with Gasteiger partial charge in [-0.1, -0.05) is 24.3 Å². The maximum absolute atomic E-state index is 11.9. The molecule has 2 aromatic rings. The average molecular weight is 354 g/mol. The second-order valence-electron chi connectivity index (χ2n) is 8.33. The summed E-state index contributed by atoms with van der Waals surface area (Å²) in [6.45, 7) is 10.9. The summed E-state index contributed by atoms with van der Waals surface area (Å²) in [6, 6.07) is 14.6. The first-order chi connectivity index (χ1) is 12.0. The lowest BCUT2D eigenvalue weighted by Gasteiger charge is -2.17. The first-order valence-corrected chi connectivity index (χ1v) is 8.62. The molecule has 0 spiro atoms. The Morgan fingerprint density at radius 3 is 1.08 bits per heavy atom. The van der Waals surface area contributed by atoms with Crippen LogP contribution in [0.25, 0.3) is 11.1 Å². The van der Waals surface area contributed by atoms with Crippen molar-refractivity contribution >= 4 is 11.9 Å². The number of rotatable bonds is 3. The minimum Gasteiger partial charge on any atom is -0.426 e. The quantitative estimate of drug-likeness (QED) is 0.557. The van der Waals surface area contributed by atoms with E-state index < -0.39 is 10.8 Å². The van der Waals surface area contributed by atoms with E-state index in [0.717, 1.165) is 11.1 Å². The van der Waals surface area contributed by atoms with E-state index in [1.807, 2.05) is 65.8 Å². The highest BCUT2D eigenvalue weighted by Gasteiger charge is 2.24. The van der Waals surface area contributed by atoms with E-state index in [0.29, 0.717) is 11.5 Å². The third-order valence-corrected chi connectivity index (χ3v) is 3.69. The summed E-state index contributed by atoms with van der Waals surface area (Å²) >= 11 is 0. The Hall–Kier alpha value is -2.62. The summed E-state index contributed by atoms with van der Waals surface area (Å²) in [7, 11) is 0. The van der Waals surface area contributed by atoms with Crippen molar-refractivity contribution < 1.29 is 19.1 Å². The van der Waals surface area contributed by atoms with Crippen LogP contribution >= 0.6 is 0 Å². The van der Waals surface area contributed by atoms with Crippen LogP contribution < -0.4 is 9.47 Å². The van der Waals surface area contributed by atoms with Crippen LogP contribution in [0.5, 0.6) is 11.5 Å². The van der Waals surface area contributed by atoms with E-state index in [2.05, 4.69) is 0 Å². The van der Waals surface area contributed by atoms with Gasteiger partial charge in [-0.3, -0.25) is 9.59 Å². The van der Waals surface area contributed by atoms with Crippen LogP contribution in [-0.4, -0.2) is 11.9 Å². The van der Waals surface area contributed by atoms with Crippen molar-refractivity contribution in [2.45, 2.75) is 41.5 Å². The number of benzene rings is 2. The van der Waals surface area contributed by atoms with Crippen molar-refractivity contribution in [3.05, 3.63) is 48.5 Å². The predicted octanol–water partition coefficient (Wildman–Crippen LogP) is 5.26. The van der Waals surface area contributed by atoms with Crippen molar-refractivity contribution in [3.63, 3.8) is 0 Å². The summed E-state index contributed by atoms with van der Waals surface area (Å²) in [4.78, 5) is 23.8. The van der Waals surface area contributed by atoms with Crippen LogP contribution in [0.15, 0.2) is 48.5 Å². The van der Waals surface area contributed by atoms with Crippen LogP contribution in [0, 0.1) is 10.8 Å². The van der Waals surface area contributed by atoms with Gasteiger partial charge in [-0.25, -0.2) is 0 Å². The average Bonchev–Trinajstić information content (AvgIpc) is 2.54. The summed E-state index contributed by atoms with van der Waals surface area (Å²) < 4.78 is 10.7. The molecule has 0 saturated heterocycles. The molecule has 0 saturated carbocycles. The SMILES string of the molecule is CC(C)(C)C(=O)Oc1ccc(-c2ccc(OC(=O)C(C)(C)C)cc2)cc1. The Balaban J connectivity index is 2.08. The van der Waals surface area contributed by atoms with E-state index in [-0.39, 0.29) is 11.9 Å². The van der Waals surface area contributed by atoms with Gasteiger partial charge in [-0.15, -0.1) is 0 Å². The number of hydrogen-bond donors (Lipinski definition) is 0. The van der Waals surface area contributed by atoms with Gasteiger partial charge < -0.3 is 9.47 Å². The molecule has 4 nitrogen and oxygen atoms in total. The Bertz CT molecular complexity index is 703. The molecular weight excluding hydrogens is 328 g/mol. The van der Waals surface area contributed by atoms with Gasteiger partial charge >= 0.3 is 11.9 Å². The van der Waals surface area contributed by atoms with Gasteiger partial charge in [-0.05, 0) is 76.9 Å². The molecule has 0 unspecified atom stereocenters. The topological polar surface area (TPSA) is 52.6 Å². The monoisotopic (exact) mass is 354 g/mol. The number of carbonyl (C=O) groups excluding carboxylic acids is 2. The van der Waals surface area contributed by atoms with Gasteiger partial charge in [0.15, 0.2) is 0 Å². The van der Waals surface area contributed by atoms with Gasteiger partial charge in [0.05, 0.1) is 10.8 Å². The van der Waals surface area contributed by atoms with Crippen LogP contribution in [-0.2, 0) is 9.59 Å². The highest BCUT2D eigenvalue weighted by molar-refractivity contribution is 5.79. The zero-order chi connectivity index (χ0) is 19.5. The van der Waals surface area contributed by atoms with Crippen LogP contribution in [0.4, 0.5) is 0 Å². The Morgan fingerprint density at radius 2 is 0.846 bits per heavy atom. The second kappa shape index (κ2) is 7.32. The standard InChI is InChI=1S/C22H26O4/c1-21(2,3)19(23)25-17-11-7-15(8-12-17)16-9-13-18(14-10-16)26-20(24)22(4,5)6/h7-14H,1-6H3. The highest BCUT2D eigenvalue weighted by atomic mass is 16.5. The van der Waals surface area contributed by atoms with Gasteiger partial charge in [0.25, 0.3) is 0 Å². The molecule has 0 atom stereocenters. The zero-order valence-corrected chi connectivity index (χ0v) is 16.3. The van der Waals surface area contributed by atoms with Gasteiger partial charge in [0.2, 0.25) is 0 Å². The number of esters is 2. The molecular formula is C22H26O4. The fourth-order valence-corrected chi connectivity index (χ4v) is 1.95. The van der Waals surface area contributed by atoms with Crippen LogP contribution in [0.1, 0.15) is 41.5 Å². The largest absolute Gasteiger partial charge is 0.426 e. The summed E-state index contributed by atoms with van der Waals surface area (Å²) in [6.07, 6.45) is 0. The molecule has 2 rings (SSSR count). The van der Waals surface area contributed by atoms with E-state index in [4.69, 9.17) is 9.47 Å². The normalized spacial score (nSPS) is 11.8. The third kappa shape index (κ3) is 5.19.